The molecule has 0 aliphatic carbocycles. The van der Waals surface area contributed by atoms with Crippen molar-refractivity contribution in [3.63, 3.8) is 0 Å². The predicted octanol–water partition coefficient (Wildman–Crippen LogP) is 0.430. The number of H-pyrrole nitrogens is 1. The Morgan fingerprint density at radius 3 is 3.00 bits per heavy atom. The third-order valence-electron chi connectivity index (χ3n) is 1.99. The van der Waals surface area contributed by atoms with E-state index in [0.29, 0.717) is 5.56 Å². The molecule has 0 spiro atoms. The van der Waals surface area contributed by atoms with E-state index in [-0.39, 0.29) is 5.56 Å². The summed E-state index contributed by atoms with van der Waals surface area (Å²) in [4.78, 5) is 11.3. The van der Waals surface area contributed by atoms with E-state index in [2.05, 4.69) is 15.6 Å². The number of nitrogens with zero attached hydrogens (tertiary/aromatic N) is 2. The third kappa shape index (κ3) is 1.39. The van der Waals surface area contributed by atoms with E-state index in [9.17, 15) is 4.79 Å². The van der Waals surface area contributed by atoms with Crippen molar-refractivity contribution in [3.05, 3.63) is 46.7 Å². The molecule has 0 amide bonds. The van der Waals surface area contributed by atoms with Gasteiger partial charge in [0.25, 0.3) is 5.56 Å². The molecule has 0 fully saturated rings. The van der Waals surface area contributed by atoms with E-state index in [0.717, 1.165) is 5.69 Å². The number of rotatable bonds is 1. The van der Waals surface area contributed by atoms with E-state index < -0.39 is 0 Å². The zero-order chi connectivity index (χ0) is 9.97. The Balaban J connectivity index is 2.41. The quantitative estimate of drug-likeness (QED) is 0.674. The minimum atomic E-state index is -0.174. The lowest BCUT2D eigenvalue weighted by Crippen LogP contribution is -2.32. The Morgan fingerprint density at radius 1 is 1.43 bits per heavy atom. The fraction of sp³-hybridized carbons (Fsp3) is 0.111. The van der Waals surface area contributed by atoms with Crippen LogP contribution in [0.15, 0.2) is 35.5 Å². The summed E-state index contributed by atoms with van der Waals surface area (Å²) in [5.41, 5.74) is 4.18. The Bertz CT molecular complexity index is 446. The van der Waals surface area contributed by atoms with Crippen molar-refractivity contribution in [3.8, 4) is 0 Å². The zero-order valence-corrected chi connectivity index (χ0v) is 7.69. The highest BCUT2D eigenvalue weighted by atomic mass is 16.1. The number of anilines is 1. The van der Waals surface area contributed by atoms with E-state index in [1.165, 1.54) is 0 Å². The number of aromatic nitrogens is 2. The first-order chi connectivity index (χ1) is 6.79. The average molecular weight is 190 g/mol. The van der Waals surface area contributed by atoms with Crippen LogP contribution in [0.5, 0.6) is 0 Å². The maximum absolute atomic E-state index is 11.3. The van der Waals surface area contributed by atoms with E-state index in [4.69, 9.17) is 0 Å². The molecular weight excluding hydrogens is 180 g/mol. The monoisotopic (exact) mass is 190 g/mol. The maximum Gasteiger partial charge on any atom is 0.269 e. The molecule has 1 aromatic heterocycles. The van der Waals surface area contributed by atoms with Gasteiger partial charge >= 0.3 is 0 Å². The largest absolute Gasteiger partial charge is 0.302 e. The number of hydrazine groups is 1. The Hall–Kier alpha value is -2.04. The molecule has 0 saturated carbocycles. The minimum Gasteiger partial charge on any atom is -0.302 e. The van der Waals surface area contributed by atoms with Crippen molar-refractivity contribution >= 4 is 5.69 Å². The molecule has 2 heterocycles. The highest BCUT2D eigenvalue weighted by molar-refractivity contribution is 5.52. The van der Waals surface area contributed by atoms with Gasteiger partial charge in [0.15, 0.2) is 0 Å². The van der Waals surface area contributed by atoms with Crippen LogP contribution in [-0.4, -0.2) is 10.2 Å². The highest BCUT2D eigenvalue weighted by Gasteiger charge is 2.08. The fourth-order valence-electron chi connectivity index (χ4n) is 1.20. The minimum absolute atomic E-state index is 0.174. The Labute approximate surface area is 80.7 Å². The van der Waals surface area contributed by atoms with Crippen molar-refractivity contribution in [2.45, 2.75) is 6.92 Å². The van der Waals surface area contributed by atoms with Crippen LogP contribution in [0.25, 0.3) is 0 Å². The summed E-state index contributed by atoms with van der Waals surface area (Å²) in [5.74, 6) is 0. The second kappa shape index (κ2) is 3.37. The normalized spacial score (nSPS) is 14.2. The van der Waals surface area contributed by atoms with Gasteiger partial charge in [-0.1, -0.05) is 0 Å². The average Bonchev–Trinajstić information content (AvgIpc) is 2.23. The van der Waals surface area contributed by atoms with Gasteiger partial charge in [-0.15, -0.1) is 0 Å². The zero-order valence-electron chi connectivity index (χ0n) is 7.69. The summed E-state index contributed by atoms with van der Waals surface area (Å²) in [6.07, 6.45) is 8.95. The van der Waals surface area contributed by atoms with Gasteiger partial charge < -0.3 is 5.43 Å². The molecule has 0 saturated heterocycles. The summed E-state index contributed by atoms with van der Waals surface area (Å²) in [5, 5.41) is 7.85. The predicted molar refractivity (Wildman–Crippen MR) is 53.5 cm³/mol. The molecule has 1 aliphatic rings. The third-order valence-corrected chi connectivity index (χ3v) is 1.99. The summed E-state index contributed by atoms with van der Waals surface area (Å²) < 4.78 is 0. The van der Waals surface area contributed by atoms with Gasteiger partial charge in [-0.05, 0) is 19.1 Å². The molecule has 5 heteroatoms. The standard InChI is InChI=1S/C9H10N4O/c1-7-8(6-10-12-9(7)14)13-5-3-2-4-11-13/h2-6,11H,1H3,(H,12,14). The summed E-state index contributed by atoms with van der Waals surface area (Å²) in [6, 6.07) is 0. The number of hydrogen-bond acceptors (Lipinski definition) is 4. The molecular formula is C9H10N4O. The Kier molecular flexibility index (Phi) is 2.06. The van der Waals surface area contributed by atoms with Crippen LogP contribution in [0.4, 0.5) is 5.69 Å². The smallest absolute Gasteiger partial charge is 0.269 e. The number of allylic oxidation sites excluding steroid dienone is 2. The first-order valence-electron chi connectivity index (χ1n) is 4.22. The van der Waals surface area contributed by atoms with Gasteiger partial charge in [-0.3, -0.25) is 9.80 Å². The van der Waals surface area contributed by atoms with Crippen LogP contribution in [-0.2, 0) is 0 Å². The van der Waals surface area contributed by atoms with Gasteiger partial charge in [-0.2, -0.15) is 5.10 Å². The number of nitrogens with one attached hydrogen (secondary N) is 2. The molecule has 2 rings (SSSR count). The molecule has 5 nitrogen and oxygen atoms in total. The lowest BCUT2D eigenvalue weighted by atomic mass is 10.3. The summed E-state index contributed by atoms with van der Waals surface area (Å²) in [7, 11) is 0. The van der Waals surface area contributed by atoms with Crippen LogP contribution >= 0.6 is 0 Å². The lowest BCUT2D eigenvalue weighted by Gasteiger charge is -2.22. The van der Waals surface area contributed by atoms with E-state index in [1.54, 1.807) is 24.3 Å². The molecule has 14 heavy (non-hydrogen) atoms. The van der Waals surface area contributed by atoms with Gasteiger partial charge in [0.2, 0.25) is 0 Å². The van der Waals surface area contributed by atoms with E-state index in [1.807, 2.05) is 18.4 Å². The van der Waals surface area contributed by atoms with Gasteiger partial charge in [0.1, 0.15) is 0 Å². The van der Waals surface area contributed by atoms with Gasteiger partial charge in [0.05, 0.1) is 11.9 Å². The van der Waals surface area contributed by atoms with Gasteiger partial charge in [0, 0.05) is 18.0 Å². The van der Waals surface area contributed by atoms with E-state index >= 15 is 0 Å². The first-order valence-corrected chi connectivity index (χ1v) is 4.22. The molecule has 1 aromatic rings. The number of hydrogen-bond donors (Lipinski definition) is 2. The molecule has 0 aromatic carbocycles. The molecule has 0 bridgehead atoms. The van der Waals surface area contributed by atoms with Crippen LogP contribution < -0.4 is 16.0 Å². The lowest BCUT2D eigenvalue weighted by molar-refractivity contribution is 0.842. The second-order valence-corrected chi connectivity index (χ2v) is 2.91. The van der Waals surface area contributed by atoms with Crippen molar-refractivity contribution < 1.29 is 0 Å². The highest BCUT2D eigenvalue weighted by Crippen LogP contribution is 2.13. The summed E-state index contributed by atoms with van der Waals surface area (Å²) >= 11 is 0. The maximum atomic E-state index is 11.3. The molecule has 0 atom stereocenters. The molecule has 0 radical (unpaired) electrons. The van der Waals surface area contributed by atoms with Crippen molar-refractivity contribution in [1.29, 1.82) is 0 Å². The number of aromatic amines is 1. The van der Waals surface area contributed by atoms with Crippen LogP contribution in [0, 0.1) is 6.92 Å². The van der Waals surface area contributed by atoms with Crippen molar-refractivity contribution in [2.75, 3.05) is 5.01 Å². The molecule has 72 valence electrons. The van der Waals surface area contributed by atoms with Crippen molar-refractivity contribution in [1.82, 2.24) is 15.6 Å². The van der Waals surface area contributed by atoms with Crippen molar-refractivity contribution in [2.24, 2.45) is 0 Å². The summed E-state index contributed by atoms with van der Waals surface area (Å²) in [6.45, 7) is 1.75. The van der Waals surface area contributed by atoms with Crippen LogP contribution in [0.3, 0.4) is 0 Å². The van der Waals surface area contributed by atoms with Crippen LogP contribution in [0.2, 0.25) is 0 Å². The Morgan fingerprint density at radius 2 is 2.29 bits per heavy atom. The van der Waals surface area contributed by atoms with Gasteiger partial charge in [-0.25, -0.2) is 5.10 Å². The van der Waals surface area contributed by atoms with Crippen LogP contribution in [0.1, 0.15) is 5.56 Å². The topological polar surface area (TPSA) is 61.0 Å². The second-order valence-electron chi connectivity index (χ2n) is 2.91. The molecule has 2 N–H and O–H groups in total. The molecule has 1 aliphatic heterocycles. The SMILES string of the molecule is Cc1c(N2C=CC=CN2)cn[nH]c1=O. The fourth-order valence-corrected chi connectivity index (χ4v) is 1.20. The molecule has 0 unspecified atom stereocenters. The first kappa shape index (κ1) is 8.55.